The van der Waals surface area contributed by atoms with Gasteiger partial charge in [-0.25, -0.2) is 0 Å². The average Bonchev–Trinajstić information content (AvgIpc) is 2.91. The van der Waals surface area contributed by atoms with E-state index in [0.717, 1.165) is 25.0 Å². The number of aromatic nitrogens is 1. The minimum atomic E-state index is 0.497. The zero-order chi connectivity index (χ0) is 11.8. The number of rotatable bonds is 1. The maximum absolute atomic E-state index is 8.84. The molecule has 17 heavy (non-hydrogen) atoms. The Labute approximate surface area is 100 Å². The molecule has 1 aliphatic carbocycles. The van der Waals surface area contributed by atoms with Crippen molar-refractivity contribution in [3.63, 3.8) is 0 Å². The Kier molecular flexibility index (Phi) is 2.39. The Morgan fingerprint density at radius 1 is 1.35 bits per heavy atom. The van der Waals surface area contributed by atoms with Crippen molar-refractivity contribution in [2.45, 2.75) is 32.1 Å². The third-order valence-corrected chi connectivity index (χ3v) is 3.76. The van der Waals surface area contributed by atoms with Crippen LogP contribution in [0.2, 0.25) is 0 Å². The normalized spacial score (nSPS) is 22.6. The second kappa shape index (κ2) is 3.91. The van der Waals surface area contributed by atoms with Gasteiger partial charge in [0.05, 0.1) is 5.71 Å². The maximum Gasteiger partial charge on any atom is 0.0577 e. The molecule has 1 aromatic heterocycles. The quantitative estimate of drug-likeness (QED) is 0.569. The summed E-state index contributed by atoms with van der Waals surface area (Å²) in [7, 11) is 0. The van der Waals surface area contributed by atoms with Crippen molar-refractivity contribution in [1.82, 2.24) is 4.98 Å². The van der Waals surface area contributed by atoms with E-state index in [0.29, 0.717) is 5.92 Å². The molecular formula is C14H16N2O. The number of aryl methyl sites for hydroxylation is 1. The number of para-hydroxylation sites is 1. The largest absolute Gasteiger partial charge is 0.411 e. The third-order valence-electron chi connectivity index (χ3n) is 3.76. The summed E-state index contributed by atoms with van der Waals surface area (Å²) in [5.41, 5.74) is 4.78. The number of nitrogens with zero attached hydrogens (tertiary/aromatic N) is 1. The molecule has 1 aromatic carbocycles. The Hall–Kier alpha value is -1.77. The molecule has 88 valence electrons. The molecule has 3 nitrogen and oxygen atoms in total. The first kappa shape index (κ1) is 10.4. The van der Waals surface area contributed by atoms with E-state index in [2.05, 4.69) is 41.3 Å². The smallest absolute Gasteiger partial charge is 0.0577 e. The van der Waals surface area contributed by atoms with E-state index in [1.165, 1.54) is 22.2 Å². The van der Waals surface area contributed by atoms with Crippen molar-refractivity contribution in [1.29, 1.82) is 0 Å². The van der Waals surface area contributed by atoms with Crippen LogP contribution in [-0.4, -0.2) is 15.9 Å². The Balaban J connectivity index is 2.08. The van der Waals surface area contributed by atoms with Gasteiger partial charge in [0.15, 0.2) is 0 Å². The summed E-state index contributed by atoms with van der Waals surface area (Å²) in [4.78, 5) is 3.43. The van der Waals surface area contributed by atoms with E-state index in [9.17, 15) is 0 Å². The zero-order valence-electron chi connectivity index (χ0n) is 9.90. The number of hydrogen-bond acceptors (Lipinski definition) is 2. The summed E-state index contributed by atoms with van der Waals surface area (Å²) in [6, 6.07) is 8.41. The first-order valence-corrected chi connectivity index (χ1v) is 6.06. The third kappa shape index (κ3) is 1.62. The predicted molar refractivity (Wildman–Crippen MR) is 68.8 cm³/mol. The highest BCUT2D eigenvalue weighted by Gasteiger charge is 2.26. The Morgan fingerprint density at radius 3 is 2.94 bits per heavy atom. The molecule has 0 amide bonds. The van der Waals surface area contributed by atoms with Gasteiger partial charge in [0, 0.05) is 16.6 Å². The molecule has 0 bridgehead atoms. The minimum absolute atomic E-state index is 0.497. The molecule has 0 spiro atoms. The van der Waals surface area contributed by atoms with Gasteiger partial charge in [-0.05, 0) is 43.7 Å². The van der Waals surface area contributed by atoms with E-state index in [1.807, 2.05) is 0 Å². The number of H-pyrrole nitrogens is 1. The molecule has 2 aromatic rings. The summed E-state index contributed by atoms with van der Waals surface area (Å²) in [6.07, 6.45) is 2.89. The van der Waals surface area contributed by atoms with Gasteiger partial charge in [-0.15, -0.1) is 0 Å². The topological polar surface area (TPSA) is 48.4 Å². The van der Waals surface area contributed by atoms with E-state index < -0.39 is 0 Å². The number of hydrogen-bond donors (Lipinski definition) is 2. The van der Waals surface area contributed by atoms with Crippen molar-refractivity contribution in [3.05, 3.63) is 35.5 Å². The highest BCUT2D eigenvalue weighted by Crippen LogP contribution is 2.38. The van der Waals surface area contributed by atoms with Gasteiger partial charge in [-0.3, -0.25) is 0 Å². The fourth-order valence-corrected chi connectivity index (χ4v) is 2.99. The summed E-state index contributed by atoms with van der Waals surface area (Å²) in [5, 5.41) is 13.5. The van der Waals surface area contributed by atoms with E-state index in [1.54, 1.807) is 0 Å². The highest BCUT2D eigenvalue weighted by molar-refractivity contribution is 5.90. The summed E-state index contributed by atoms with van der Waals surface area (Å²) in [5.74, 6) is 0.497. The summed E-state index contributed by atoms with van der Waals surface area (Å²) >= 11 is 0. The summed E-state index contributed by atoms with van der Waals surface area (Å²) in [6.45, 7) is 2.13. The van der Waals surface area contributed by atoms with E-state index in [4.69, 9.17) is 5.21 Å². The van der Waals surface area contributed by atoms with Crippen molar-refractivity contribution in [3.8, 4) is 0 Å². The minimum Gasteiger partial charge on any atom is -0.411 e. The zero-order valence-corrected chi connectivity index (χ0v) is 9.90. The van der Waals surface area contributed by atoms with E-state index >= 15 is 0 Å². The van der Waals surface area contributed by atoms with Crippen molar-refractivity contribution >= 4 is 16.6 Å². The van der Waals surface area contributed by atoms with Crippen LogP contribution in [0.25, 0.3) is 10.9 Å². The molecule has 1 aliphatic rings. The lowest BCUT2D eigenvalue weighted by atomic mass is 9.95. The van der Waals surface area contributed by atoms with Crippen LogP contribution in [0, 0.1) is 6.92 Å². The molecule has 1 atom stereocenters. The first-order chi connectivity index (χ1) is 8.29. The summed E-state index contributed by atoms with van der Waals surface area (Å²) < 4.78 is 0. The first-order valence-electron chi connectivity index (χ1n) is 6.06. The van der Waals surface area contributed by atoms with E-state index in [-0.39, 0.29) is 0 Å². The lowest BCUT2D eigenvalue weighted by molar-refractivity contribution is 0.317. The lowest BCUT2D eigenvalue weighted by Crippen LogP contribution is -1.96. The number of fused-ring (bicyclic) bond motifs is 1. The number of oxime groups is 1. The molecule has 0 saturated heterocycles. The van der Waals surface area contributed by atoms with Crippen LogP contribution in [0.3, 0.4) is 0 Å². The van der Waals surface area contributed by atoms with Crippen LogP contribution in [0.15, 0.2) is 29.4 Å². The molecule has 2 N–H and O–H groups in total. The van der Waals surface area contributed by atoms with Gasteiger partial charge >= 0.3 is 0 Å². The van der Waals surface area contributed by atoms with Gasteiger partial charge in [0.2, 0.25) is 0 Å². The molecule has 3 rings (SSSR count). The SMILES string of the molecule is Cc1[nH]c2ccccc2c1C1CC/C(=N/O)C1. The molecule has 1 saturated carbocycles. The number of benzene rings is 1. The van der Waals surface area contributed by atoms with Gasteiger partial charge in [0.1, 0.15) is 0 Å². The monoisotopic (exact) mass is 228 g/mol. The fraction of sp³-hybridized carbons (Fsp3) is 0.357. The standard InChI is InChI=1S/C14H16N2O/c1-9-14(10-6-7-11(8-10)16-17)12-4-2-3-5-13(12)15-9/h2-5,10,15,17H,6-8H2,1H3/b16-11-. The van der Waals surface area contributed by atoms with Crippen LogP contribution in [-0.2, 0) is 0 Å². The van der Waals surface area contributed by atoms with Crippen LogP contribution in [0.4, 0.5) is 0 Å². The Bertz CT molecular complexity index is 583. The van der Waals surface area contributed by atoms with Gasteiger partial charge in [-0.2, -0.15) is 0 Å². The van der Waals surface area contributed by atoms with Crippen molar-refractivity contribution in [2.75, 3.05) is 0 Å². The van der Waals surface area contributed by atoms with Crippen LogP contribution in [0.5, 0.6) is 0 Å². The Morgan fingerprint density at radius 2 is 2.18 bits per heavy atom. The van der Waals surface area contributed by atoms with Gasteiger partial charge in [-0.1, -0.05) is 23.4 Å². The second-order valence-electron chi connectivity index (χ2n) is 4.82. The predicted octanol–water partition coefficient (Wildman–Crippen LogP) is 3.57. The number of nitrogens with one attached hydrogen (secondary N) is 1. The highest BCUT2D eigenvalue weighted by atomic mass is 16.4. The molecule has 0 aliphatic heterocycles. The van der Waals surface area contributed by atoms with Crippen molar-refractivity contribution < 1.29 is 5.21 Å². The maximum atomic E-state index is 8.84. The lowest BCUT2D eigenvalue weighted by Gasteiger charge is -2.08. The van der Waals surface area contributed by atoms with Crippen LogP contribution in [0.1, 0.15) is 36.4 Å². The van der Waals surface area contributed by atoms with Crippen LogP contribution >= 0.6 is 0 Å². The molecule has 0 radical (unpaired) electrons. The second-order valence-corrected chi connectivity index (χ2v) is 4.82. The molecular weight excluding hydrogens is 212 g/mol. The number of aromatic amines is 1. The van der Waals surface area contributed by atoms with Crippen LogP contribution < -0.4 is 0 Å². The van der Waals surface area contributed by atoms with Gasteiger partial charge < -0.3 is 10.2 Å². The molecule has 1 unspecified atom stereocenters. The fourth-order valence-electron chi connectivity index (χ4n) is 2.99. The average molecular weight is 228 g/mol. The molecule has 3 heteroatoms. The van der Waals surface area contributed by atoms with Crippen molar-refractivity contribution in [2.24, 2.45) is 5.16 Å². The molecule has 1 fully saturated rings. The molecule has 1 heterocycles. The van der Waals surface area contributed by atoms with Gasteiger partial charge in [0.25, 0.3) is 0 Å².